The van der Waals surface area contributed by atoms with E-state index in [-0.39, 0.29) is 19.0 Å². The molecule has 1 aliphatic heterocycles. The van der Waals surface area contributed by atoms with Crippen molar-refractivity contribution in [3.8, 4) is 11.3 Å². The minimum absolute atomic E-state index is 0.160. The van der Waals surface area contributed by atoms with E-state index in [1.165, 1.54) is 11.0 Å². The van der Waals surface area contributed by atoms with E-state index in [1.54, 1.807) is 24.3 Å². The monoisotopic (exact) mass is 375 g/mol. The highest BCUT2D eigenvalue weighted by molar-refractivity contribution is 6.33. The van der Waals surface area contributed by atoms with Gasteiger partial charge in [-0.3, -0.25) is 14.4 Å². The van der Waals surface area contributed by atoms with Gasteiger partial charge in [-0.15, -0.1) is 0 Å². The van der Waals surface area contributed by atoms with Crippen molar-refractivity contribution in [1.29, 1.82) is 0 Å². The zero-order valence-corrected chi connectivity index (χ0v) is 14.7. The Balaban J connectivity index is 1.80. The van der Waals surface area contributed by atoms with Crippen LogP contribution in [0, 0.1) is 5.92 Å². The number of hydrogen-bond acceptors (Lipinski definition) is 4. The predicted molar refractivity (Wildman–Crippen MR) is 95.9 cm³/mol. The van der Waals surface area contributed by atoms with Crippen LogP contribution in [0.1, 0.15) is 12.8 Å². The molecule has 1 aliphatic rings. The number of aromatic nitrogens is 2. The molecule has 1 aromatic heterocycles. The highest BCUT2D eigenvalue weighted by Gasteiger charge is 2.28. The fraction of sp³-hybridized carbons (Fsp3) is 0.333. The number of amides is 1. The zero-order chi connectivity index (χ0) is 18.7. The first kappa shape index (κ1) is 18.1. The molecule has 2 aromatic rings. The van der Waals surface area contributed by atoms with E-state index in [9.17, 15) is 14.4 Å². The summed E-state index contributed by atoms with van der Waals surface area (Å²) < 4.78 is 1.09. The minimum atomic E-state index is -0.904. The lowest BCUT2D eigenvalue weighted by molar-refractivity contribution is -0.145. The molecule has 0 spiro atoms. The standard InChI is InChI=1S/C18H18ClN3O4/c19-14-6-2-1-5-13(14)15-7-8-16(23)22(20-15)11-17(24)21-9-3-4-12(10-21)18(25)26/h1-2,5-8,12H,3-4,9-11H2,(H,25,26)/t12-/m0/s1. The number of rotatable bonds is 4. The lowest BCUT2D eigenvalue weighted by Gasteiger charge is -2.30. The molecule has 136 valence electrons. The molecule has 0 saturated carbocycles. The number of nitrogens with zero attached hydrogens (tertiary/aromatic N) is 3. The third kappa shape index (κ3) is 3.94. The van der Waals surface area contributed by atoms with Crippen LogP contribution in [0.3, 0.4) is 0 Å². The summed E-state index contributed by atoms with van der Waals surface area (Å²) in [4.78, 5) is 37.2. The Morgan fingerprint density at radius 3 is 2.73 bits per heavy atom. The molecule has 0 unspecified atom stereocenters. The van der Waals surface area contributed by atoms with E-state index in [2.05, 4.69) is 5.10 Å². The lowest BCUT2D eigenvalue weighted by Crippen LogP contribution is -2.44. The minimum Gasteiger partial charge on any atom is -0.481 e. The van der Waals surface area contributed by atoms with E-state index in [4.69, 9.17) is 16.7 Å². The van der Waals surface area contributed by atoms with Crippen molar-refractivity contribution >= 4 is 23.5 Å². The number of carboxylic acid groups (broad SMARTS) is 1. The second-order valence-corrected chi connectivity index (χ2v) is 6.62. The summed E-state index contributed by atoms with van der Waals surface area (Å²) in [5, 5.41) is 13.9. The van der Waals surface area contributed by atoms with Crippen LogP contribution in [-0.4, -0.2) is 44.8 Å². The smallest absolute Gasteiger partial charge is 0.308 e. The highest BCUT2D eigenvalue weighted by atomic mass is 35.5. The Hall–Kier alpha value is -2.67. The average molecular weight is 376 g/mol. The van der Waals surface area contributed by atoms with Crippen molar-refractivity contribution in [3.63, 3.8) is 0 Å². The molecule has 8 heteroatoms. The normalized spacial score (nSPS) is 17.1. The Labute approximate surface area is 154 Å². The summed E-state index contributed by atoms with van der Waals surface area (Å²) in [5.74, 6) is -1.78. The van der Waals surface area contributed by atoms with Gasteiger partial charge in [0.05, 0.1) is 16.6 Å². The molecular formula is C18H18ClN3O4. The zero-order valence-electron chi connectivity index (χ0n) is 14.0. The molecule has 1 N–H and O–H groups in total. The second kappa shape index (κ2) is 7.70. The fourth-order valence-corrected chi connectivity index (χ4v) is 3.24. The number of carbonyl (C=O) groups is 2. The van der Waals surface area contributed by atoms with E-state index >= 15 is 0 Å². The summed E-state index contributed by atoms with van der Waals surface area (Å²) in [6, 6.07) is 10.0. The van der Waals surface area contributed by atoms with E-state index in [0.29, 0.717) is 35.7 Å². The van der Waals surface area contributed by atoms with Gasteiger partial charge in [-0.05, 0) is 25.0 Å². The topological polar surface area (TPSA) is 92.5 Å². The van der Waals surface area contributed by atoms with Crippen molar-refractivity contribution in [2.24, 2.45) is 5.92 Å². The maximum atomic E-state index is 12.5. The molecule has 3 rings (SSSR count). The average Bonchev–Trinajstić information content (AvgIpc) is 2.64. The quantitative estimate of drug-likeness (QED) is 0.880. The Kier molecular flexibility index (Phi) is 5.37. The lowest BCUT2D eigenvalue weighted by atomic mass is 9.98. The van der Waals surface area contributed by atoms with Crippen molar-refractivity contribution in [1.82, 2.24) is 14.7 Å². The number of carbonyl (C=O) groups excluding carboxylic acids is 1. The molecule has 1 saturated heterocycles. The maximum absolute atomic E-state index is 12.5. The largest absolute Gasteiger partial charge is 0.481 e. The summed E-state index contributed by atoms with van der Waals surface area (Å²) in [5.41, 5.74) is 0.755. The number of piperidine rings is 1. The molecule has 1 aromatic carbocycles. The Bertz CT molecular complexity index is 896. The van der Waals surface area contributed by atoms with Crippen LogP contribution in [0.2, 0.25) is 5.02 Å². The van der Waals surface area contributed by atoms with Gasteiger partial charge in [-0.25, -0.2) is 4.68 Å². The Morgan fingerprint density at radius 1 is 1.23 bits per heavy atom. The molecular weight excluding hydrogens is 358 g/mol. The molecule has 0 radical (unpaired) electrons. The van der Waals surface area contributed by atoms with Gasteiger partial charge in [0.15, 0.2) is 0 Å². The van der Waals surface area contributed by atoms with Gasteiger partial charge in [0.25, 0.3) is 5.56 Å². The number of halogens is 1. The molecule has 7 nitrogen and oxygen atoms in total. The molecule has 1 amide bonds. The van der Waals surface area contributed by atoms with Gasteiger partial charge in [0.1, 0.15) is 6.54 Å². The maximum Gasteiger partial charge on any atom is 0.308 e. The summed E-state index contributed by atoms with van der Waals surface area (Å²) >= 11 is 6.17. The van der Waals surface area contributed by atoms with Gasteiger partial charge in [0, 0.05) is 24.7 Å². The van der Waals surface area contributed by atoms with Crippen molar-refractivity contribution in [2.45, 2.75) is 19.4 Å². The van der Waals surface area contributed by atoms with E-state index < -0.39 is 17.4 Å². The molecule has 1 fully saturated rings. The first-order valence-corrected chi connectivity index (χ1v) is 8.67. The van der Waals surface area contributed by atoms with Gasteiger partial charge in [-0.1, -0.05) is 29.8 Å². The first-order chi connectivity index (χ1) is 12.5. The van der Waals surface area contributed by atoms with Crippen LogP contribution >= 0.6 is 11.6 Å². The molecule has 2 heterocycles. The van der Waals surface area contributed by atoms with Gasteiger partial charge in [-0.2, -0.15) is 5.10 Å². The van der Waals surface area contributed by atoms with Crippen LogP contribution in [0.4, 0.5) is 0 Å². The molecule has 26 heavy (non-hydrogen) atoms. The highest BCUT2D eigenvalue weighted by Crippen LogP contribution is 2.25. The number of aliphatic carboxylic acids is 1. The van der Waals surface area contributed by atoms with Gasteiger partial charge < -0.3 is 10.0 Å². The third-order valence-corrected chi connectivity index (χ3v) is 4.75. The van der Waals surface area contributed by atoms with Crippen LogP contribution < -0.4 is 5.56 Å². The number of hydrogen-bond donors (Lipinski definition) is 1. The number of likely N-dealkylation sites (tertiary alicyclic amines) is 1. The van der Waals surface area contributed by atoms with Gasteiger partial charge >= 0.3 is 5.97 Å². The molecule has 1 atom stereocenters. The SMILES string of the molecule is O=C(O)[C@H]1CCCN(C(=O)Cn2nc(-c3ccccc3Cl)ccc2=O)C1. The third-order valence-electron chi connectivity index (χ3n) is 4.42. The molecule has 0 aliphatic carbocycles. The van der Waals surface area contributed by atoms with Crippen molar-refractivity contribution in [2.75, 3.05) is 13.1 Å². The van der Waals surface area contributed by atoms with E-state index in [0.717, 1.165) is 4.68 Å². The predicted octanol–water partition coefficient (Wildman–Crippen LogP) is 1.89. The summed E-state index contributed by atoms with van der Waals surface area (Å²) in [6.07, 6.45) is 1.18. The Morgan fingerprint density at radius 2 is 2.00 bits per heavy atom. The van der Waals surface area contributed by atoms with Crippen LogP contribution in [0.25, 0.3) is 11.3 Å². The first-order valence-electron chi connectivity index (χ1n) is 8.29. The van der Waals surface area contributed by atoms with Crippen LogP contribution in [0.15, 0.2) is 41.2 Å². The number of carboxylic acids is 1. The van der Waals surface area contributed by atoms with Crippen LogP contribution in [-0.2, 0) is 16.1 Å². The van der Waals surface area contributed by atoms with E-state index in [1.807, 2.05) is 6.07 Å². The van der Waals surface area contributed by atoms with Gasteiger partial charge in [0.2, 0.25) is 5.91 Å². The fourth-order valence-electron chi connectivity index (χ4n) is 3.01. The summed E-state index contributed by atoms with van der Waals surface area (Å²) in [6.45, 7) is 0.415. The second-order valence-electron chi connectivity index (χ2n) is 6.21. The molecule has 0 bridgehead atoms. The van der Waals surface area contributed by atoms with Crippen LogP contribution in [0.5, 0.6) is 0 Å². The van der Waals surface area contributed by atoms with Crippen molar-refractivity contribution in [3.05, 3.63) is 51.8 Å². The van der Waals surface area contributed by atoms with Crippen molar-refractivity contribution < 1.29 is 14.7 Å². The summed E-state index contributed by atoms with van der Waals surface area (Å²) in [7, 11) is 0. The number of benzene rings is 1.